The first-order valence-corrected chi connectivity index (χ1v) is 12.7. The normalized spacial score (nSPS) is 60.9. The zero-order valence-corrected chi connectivity index (χ0v) is 20.6. The number of rotatable bonds is 6. The van der Waals surface area contributed by atoms with Crippen LogP contribution in [0.1, 0.15) is 32.6 Å². The van der Waals surface area contributed by atoms with Gasteiger partial charge in [-0.25, -0.2) is 0 Å². The molecule has 3 N–H and O–H groups in total. The number of hydrogen-bond donors (Lipinski definition) is 3. The van der Waals surface area contributed by atoms with Gasteiger partial charge in [-0.1, -0.05) is 6.92 Å². The van der Waals surface area contributed by atoms with Gasteiger partial charge in [0.15, 0.2) is 0 Å². The summed E-state index contributed by atoms with van der Waals surface area (Å²) in [5.41, 5.74) is -3.78. The molecule has 13 atom stereocenters. The molecule has 1 spiro atoms. The number of hydrogen-bond acceptors (Lipinski definition) is 8. The number of likely N-dealkylation sites (tertiary alicyclic amines) is 1. The molecule has 5 aliphatic carbocycles. The highest BCUT2D eigenvalue weighted by molar-refractivity contribution is 5.41. The number of likely N-dealkylation sites (N-methyl/N-ethyl adjacent to an activating group) is 1. The zero-order chi connectivity index (χ0) is 23.6. The maximum atomic E-state index is 13.0. The Hall–Kier alpha value is -0.320. The lowest BCUT2D eigenvalue weighted by Gasteiger charge is -2.70. The molecule has 3 unspecified atom stereocenters. The first kappa shape index (κ1) is 23.1. The first-order chi connectivity index (χ1) is 15.8. The summed E-state index contributed by atoms with van der Waals surface area (Å²) >= 11 is 0. The molecule has 7 bridgehead atoms. The molecule has 6 fully saturated rings. The average molecular weight is 468 g/mol. The standard InChI is InChI=1S/C25H41NO7/c1-6-26-11-22(12-27)8-7-16(31-3)24-14-9-13-15(30-2)10-23(28,17(14)18(13)32-4)25(29,21(24)26)20(33-5)19(22)24/h13-21,27-29H,6-12H2,1-5H3/t13-,14?,15?,16+,17?,18+,19-,20+,21+,22+,23-,24+,25+/m1/s1. The van der Waals surface area contributed by atoms with E-state index in [2.05, 4.69) is 11.8 Å². The van der Waals surface area contributed by atoms with Crippen molar-refractivity contribution in [2.45, 2.75) is 74.3 Å². The lowest BCUT2D eigenvalue weighted by atomic mass is 9.42. The van der Waals surface area contributed by atoms with Gasteiger partial charge in [0.05, 0.1) is 37.1 Å². The molecule has 1 heterocycles. The SMILES string of the molecule is CCN1C[C@]2(CO)CC[C@H](OC)[C@@]34C5C[C@@H]6C(OC)C[C@@](O)(C5[C@H]6OC)[C@](O)([C@@H](OC)[C@H]23)[C@@H]14. The molecule has 5 saturated carbocycles. The minimum absolute atomic E-state index is 0.0443. The smallest absolute Gasteiger partial charge is 0.136 e. The molecule has 6 rings (SSSR count). The Morgan fingerprint density at radius 3 is 2.36 bits per heavy atom. The summed E-state index contributed by atoms with van der Waals surface area (Å²) in [5, 5.41) is 36.6. The highest BCUT2D eigenvalue weighted by Crippen LogP contribution is 2.80. The van der Waals surface area contributed by atoms with E-state index in [9.17, 15) is 15.3 Å². The predicted octanol–water partition coefficient (Wildman–Crippen LogP) is 0.271. The van der Waals surface area contributed by atoms with Crippen LogP contribution in [-0.2, 0) is 18.9 Å². The Bertz CT molecular complexity index is 814. The molecule has 6 aliphatic rings. The summed E-state index contributed by atoms with van der Waals surface area (Å²) in [4.78, 5) is 2.33. The number of fused-ring (bicyclic) bond motifs is 2. The summed E-state index contributed by atoms with van der Waals surface area (Å²) in [6.45, 7) is 3.59. The molecule has 33 heavy (non-hydrogen) atoms. The van der Waals surface area contributed by atoms with Crippen molar-refractivity contribution in [1.82, 2.24) is 4.90 Å². The van der Waals surface area contributed by atoms with Crippen LogP contribution in [0.3, 0.4) is 0 Å². The lowest BCUT2D eigenvalue weighted by molar-refractivity contribution is -0.320. The van der Waals surface area contributed by atoms with Crippen molar-refractivity contribution >= 4 is 0 Å². The van der Waals surface area contributed by atoms with Gasteiger partial charge in [0.2, 0.25) is 0 Å². The van der Waals surface area contributed by atoms with Gasteiger partial charge in [-0.3, -0.25) is 4.90 Å². The van der Waals surface area contributed by atoms with Gasteiger partial charge in [0.1, 0.15) is 11.2 Å². The van der Waals surface area contributed by atoms with Crippen molar-refractivity contribution < 1.29 is 34.3 Å². The second-order valence-electron chi connectivity index (χ2n) is 11.8. The van der Waals surface area contributed by atoms with Gasteiger partial charge < -0.3 is 34.3 Å². The van der Waals surface area contributed by atoms with Crippen LogP contribution in [0.4, 0.5) is 0 Å². The molecule has 188 valence electrons. The Balaban J connectivity index is 1.68. The number of aliphatic hydroxyl groups excluding tert-OH is 1. The van der Waals surface area contributed by atoms with Crippen LogP contribution in [0.2, 0.25) is 0 Å². The Morgan fingerprint density at radius 2 is 1.79 bits per heavy atom. The van der Waals surface area contributed by atoms with Gasteiger partial charge in [-0.2, -0.15) is 0 Å². The second kappa shape index (κ2) is 7.13. The van der Waals surface area contributed by atoms with Crippen LogP contribution >= 0.6 is 0 Å². The average Bonchev–Trinajstić information content (AvgIpc) is 3.24. The topological polar surface area (TPSA) is 101 Å². The molecule has 0 aromatic rings. The van der Waals surface area contributed by atoms with Crippen molar-refractivity contribution in [3.63, 3.8) is 0 Å². The van der Waals surface area contributed by atoms with Crippen LogP contribution in [-0.4, -0.2) is 110 Å². The molecule has 0 aromatic carbocycles. The van der Waals surface area contributed by atoms with Crippen LogP contribution in [0.5, 0.6) is 0 Å². The van der Waals surface area contributed by atoms with Crippen molar-refractivity contribution in [2.75, 3.05) is 48.1 Å². The summed E-state index contributed by atoms with van der Waals surface area (Å²) in [7, 11) is 6.85. The highest BCUT2D eigenvalue weighted by Gasteiger charge is 2.91. The molecule has 0 radical (unpaired) electrons. The van der Waals surface area contributed by atoms with E-state index in [1.165, 1.54) is 0 Å². The van der Waals surface area contributed by atoms with Crippen LogP contribution < -0.4 is 0 Å². The molecule has 0 aromatic heterocycles. The number of nitrogens with zero attached hydrogens (tertiary/aromatic N) is 1. The van der Waals surface area contributed by atoms with Crippen LogP contribution in [0, 0.1) is 34.5 Å². The molecule has 8 nitrogen and oxygen atoms in total. The van der Waals surface area contributed by atoms with Gasteiger partial charge in [-0.15, -0.1) is 0 Å². The minimum atomic E-state index is -1.52. The van der Waals surface area contributed by atoms with Crippen molar-refractivity contribution in [3.8, 4) is 0 Å². The van der Waals surface area contributed by atoms with Crippen molar-refractivity contribution in [3.05, 3.63) is 0 Å². The summed E-state index contributed by atoms with van der Waals surface area (Å²) in [6.07, 6.45) is 1.81. The fourth-order valence-electron chi connectivity index (χ4n) is 11.0. The number of methoxy groups -OCH3 is 4. The lowest BCUT2D eigenvalue weighted by Crippen LogP contribution is -2.82. The summed E-state index contributed by atoms with van der Waals surface area (Å²) in [6, 6.07) is -0.312. The zero-order valence-electron chi connectivity index (χ0n) is 20.6. The molecule has 8 heteroatoms. The van der Waals surface area contributed by atoms with E-state index < -0.39 is 28.1 Å². The maximum absolute atomic E-state index is 13.0. The minimum Gasteiger partial charge on any atom is -0.396 e. The number of piperidine rings is 1. The van der Waals surface area contributed by atoms with E-state index in [4.69, 9.17) is 18.9 Å². The Labute approximate surface area is 196 Å². The molecule has 1 aliphatic heterocycles. The summed E-state index contributed by atoms with van der Waals surface area (Å²) in [5.74, 6) is -0.0916. The highest BCUT2D eigenvalue weighted by atomic mass is 16.5. The van der Waals surface area contributed by atoms with E-state index in [1.807, 2.05) is 0 Å². The maximum Gasteiger partial charge on any atom is 0.136 e. The Kier molecular flexibility index (Phi) is 4.99. The monoisotopic (exact) mass is 467 g/mol. The van der Waals surface area contributed by atoms with Crippen LogP contribution in [0.15, 0.2) is 0 Å². The van der Waals surface area contributed by atoms with Crippen molar-refractivity contribution in [1.29, 1.82) is 0 Å². The summed E-state index contributed by atoms with van der Waals surface area (Å²) < 4.78 is 24.5. The fourth-order valence-corrected chi connectivity index (χ4v) is 11.0. The van der Waals surface area contributed by atoms with Crippen LogP contribution in [0.25, 0.3) is 0 Å². The first-order valence-electron chi connectivity index (χ1n) is 12.7. The third-order valence-electron chi connectivity index (χ3n) is 11.6. The van der Waals surface area contributed by atoms with Gasteiger partial charge in [0.25, 0.3) is 0 Å². The molecule has 1 saturated heterocycles. The third-order valence-corrected chi connectivity index (χ3v) is 11.6. The largest absolute Gasteiger partial charge is 0.396 e. The molecular weight excluding hydrogens is 426 g/mol. The quantitative estimate of drug-likeness (QED) is 0.512. The van der Waals surface area contributed by atoms with E-state index in [0.717, 1.165) is 25.8 Å². The number of aliphatic hydroxyl groups is 3. The second-order valence-corrected chi connectivity index (χ2v) is 11.8. The van der Waals surface area contributed by atoms with E-state index >= 15 is 0 Å². The van der Waals surface area contributed by atoms with Gasteiger partial charge in [-0.05, 0) is 31.7 Å². The molecule has 0 amide bonds. The van der Waals surface area contributed by atoms with E-state index in [-0.39, 0.29) is 54.6 Å². The van der Waals surface area contributed by atoms with E-state index in [1.54, 1.807) is 28.4 Å². The third kappa shape index (κ3) is 2.16. The van der Waals surface area contributed by atoms with Gasteiger partial charge >= 0.3 is 0 Å². The predicted molar refractivity (Wildman–Crippen MR) is 119 cm³/mol. The fraction of sp³-hybridized carbons (Fsp3) is 1.00. The number of ether oxygens (including phenoxy) is 4. The van der Waals surface area contributed by atoms with E-state index in [0.29, 0.717) is 13.0 Å². The molecular formula is C25H41NO7. The van der Waals surface area contributed by atoms with Crippen molar-refractivity contribution in [2.24, 2.45) is 34.5 Å². The van der Waals surface area contributed by atoms with Gasteiger partial charge in [0, 0.05) is 70.0 Å². The Morgan fingerprint density at radius 1 is 1.03 bits per heavy atom.